The first kappa shape index (κ1) is 12.7. The molecule has 3 heteroatoms. The summed E-state index contributed by atoms with van der Waals surface area (Å²) in [6, 6.07) is 7.75. The molecule has 0 heterocycles. The van der Waals surface area contributed by atoms with Crippen LogP contribution in [0.15, 0.2) is 24.3 Å². The van der Waals surface area contributed by atoms with Crippen molar-refractivity contribution in [3.63, 3.8) is 0 Å². The Labute approximate surface area is 97.0 Å². The summed E-state index contributed by atoms with van der Waals surface area (Å²) in [5.41, 5.74) is 7.77. The summed E-state index contributed by atoms with van der Waals surface area (Å²) in [7, 11) is 0. The minimum absolute atomic E-state index is 0.0285. The molecule has 1 aromatic carbocycles. The molecule has 16 heavy (non-hydrogen) atoms. The number of rotatable bonds is 4. The molecule has 1 aromatic rings. The fraction of sp³-hybridized carbons (Fsp3) is 0.462. The fourth-order valence-electron chi connectivity index (χ4n) is 1.32. The molecule has 1 amide bonds. The molecule has 0 aliphatic carbocycles. The van der Waals surface area contributed by atoms with Crippen molar-refractivity contribution in [1.29, 1.82) is 0 Å². The van der Waals surface area contributed by atoms with Crippen LogP contribution in [0.3, 0.4) is 0 Å². The van der Waals surface area contributed by atoms with Crippen LogP contribution in [0.25, 0.3) is 0 Å². The van der Waals surface area contributed by atoms with Gasteiger partial charge in [0.25, 0.3) is 0 Å². The highest BCUT2D eigenvalue weighted by atomic mass is 16.1. The summed E-state index contributed by atoms with van der Waals surface area (Å²) in [5, 5.41) is 2.86. The molecule has 3 N–H and O–H groups in total. The van der Waals surface area contributed by atoms with Crippen molar-refractivity contribution in [2.45, 2.75) is 33.2 Å². The number of aryl methyl sites for hydroxylation is 1. The number of hydrogen-bond acceptors (Lipinski definition) is 2. The maximum atomic E-state index is 11.7. The zero-order valence-corrected chi connectivity index (χ0v) is 10.2. The molecule has 2 unspecified atom stereocenters. The van der Waals surface area contributed by atoms with Crippen molar-refractivity contribution in [1.82, 2.24) is 0 Å². The zero-order chi connectivity index (χ0) is 12.1. The number of nitrogens with two attached hydrogens (primary N) is 1. The summed E-state index contributed by atoms with van der Waals surface area (Å²) in [4.78, 5) is 11.7. The summed E-state index contributed by atoms with van der Waals surface area (Å²) >= 11 is 0. The van der Waals surface area contributed by atoms with E-state index in [0.29, 0.717) is 0 Å². The van der Waals surface area contributed by atoms with Crippen LogP contribution < -0.4 is 11.1 Å². The van der Waals surface area contributed by atoms with Gasteiger partial charge in [0, 0.05) is 11.7 Å². The third-order valence-electron chi connectivity index (χ3n) is 2.83. The van der Waals surface area contributed by atoms with Gasteiger partial charge in [0.15, 0.2) is 0 Å². The SMILES string of the molecule is CCc1ccc(NC(=O)C(C)C(C)N)cc1. The molecule has 0 aromatic heterocycles. The van der Waals surface area contributed by atoms with Gasteiger partial charge in [0.1, 0.15) is 0 Å². The molecule has 0 bridgehead atoms. The van der Waals surface area contributed by atoms with Crippen molar-refractivity contribution in [3.8, 4) is 0 Å². The van der Waals surface area contributed by atoms with Crippen LogP contribution >= 0.6 is 0 Å². The Morgan fingerprint density at radius 1 is 1.31 bits per heavy atom. The Kier molecular flexibility index (Phi) is 4.50. The summed E-state index contributed by atoms with van der Waals surface area (Å²) in [5.74, 6) is -0.204. The van der Waals surface area contributed by atoms with Gasteiger partial charge >= 0.3 is 0 Å². The predicted molar refractivity (Wildman–Crippen MR) is 67.3 cm³/mol. The van der Waals surface area contributed by atoms with Crippen LogP contribution in [0.5, 0.6) is 0 Å². The number of carbonyl (C=O) groups excluding carboxylic acids is 1. The number of hydrogen-bond donors (Lipinski definition) is 2. The highest BCUT2D eigenvalue weighted by Gasteiger charge is 2.16. The first-order valence-corrected chi connectivity index (χ1v) is 5.70. The highest BCUT2D eigenvalue weighted by Crippen LogP contribution is 2.12. The van der Waals surface area contributed by atoms with E-state index in [1.807, 2.05) is 38.1 Å². The molecule has 0 spiro atoms. The molecule has 0 saturated heterocycles. The van der Waals surface area contributed by atoms with Crippen molar-refractivity contribution >= 4 is 11.6 Å². The number of carbonyl (C=O) groups is 1. The summed E-state index contributed by atoms with van der Waals surface area (Å²) in [6.07, 6.45) is 1.00. The third-order valence-corrected chi connectivity index (χ3v) is 2.83. The molecule has 88 valence electrons. The molecule has 0 saturated carbocycles. The largest absolute Gasteiger partial charge is 0.327 e. The van der Waals surface area contributed by atoms with Crippen LogP contribution in [-0.2, 0) is 11.2 Å². The van der Waals surface area contributed by atoms with E-state index in [4.69, 9.17) is 5.73 Å². The van der Waals surface area contributed by atoms with Crippen LogP contribution in [-0.4, -0.2) is 11.9 Å². The standard InChI is InChI=1S/C13H20N2O/c1-4-11-5-7-12(8-6-11)15-13(16)9(2)10(3)14/h5-10H,4,14H2,1-3H3,(H,15,16). The first-order valence-electron chi connectivity index (χ1n) is 5.70. The van der Waals surface area contributed by atoms with E-state index in [-0.39, 0.29) is 17.9 Å². The number of amides is 1. The average molecular weight is 220 g/mol. The van der Waals surface area contributed by atoms with Gasteiger partial charge in [-0.3, -0.25) is 4.79 Å². The monoisotopic (exact) mass is 220 g/mol. The minimum atomic E-state index is -0.175. The van der Waals surface area contributed by atoms with Gasteiger partial charge in [-0.25, -0.2) is 0 Å². The van der Waals surface area contributed by atoms with Crippen LogP contribution in [0.4, 0.5) is 5.69 Å². The third kappa shape index (κ3) is 3.35. The lowest BCUT2D eigenvalue weighted by Gasteiger charge is -2.15. The van der Waals surface area contributed by atoms with Crippen molar-refractivity contribution in [3.05, 3.63) is 29.8 Å². The van der Waals surface area contributed by atoms with Gasteiger partial charge < -0.3 is 11.1 Å². The smallest absolute Gasteiger partial charge is 0.228 e. The van der Waals surface area contributed by atoms with E-state index in [1.54, 1.807) is 0 Å². The Morgan fingerprint density at radius 2 is 1.88 bits per heavy atom. The lowest BCUT2D eigenvalue weighted by molar-refractivity contribution is -0.119. The summed E-state index contributed by atoms with van der Waals surface area (Å²) in [6.45, 7) is 5.77. The Morgan fingerprint density at radius 3 is 2.31 bits per heavy atom. The molecular formula is C13H20N2O. The van der Waals surface area contributed by atoms with Crippen LogP contribution in [0.1, 0.15) is 26.3 Å². The number of benzene rings is 1. The molecule has 3 nitrogen and oxygen atoms in total. The predicted octanol–water partition coefficient (Wildman–Crippen LogP) is 2.17. The summed E-state index contributed by atoms with van der Waals surface area (Å²) < 4.78 is 0. The van der Waals surface area contributed by atoms with Gasteiger partial charge in [-0.15, -0.1) is 0 Å². The quantitative estimate of drug-likeness (QED) is 0.817. The van der Waals surface area contributed by atoms with E-state index < -0.39 is 0 Å². The number of nitrogens with one attached hydrogen (secondary N) is 1. The minimum Gasteiger partial charge on any atom is -0.327 e. The van der Waals surface area contributed by atoms with E-state index in [0.717, 1.165) is 12.1 Å². The molecule has 1 rings (SSSR count). The topological polar surface area (TPSA) is 55.1 Å². The second-order valence-electron chi connectivity index (χ2n) is 4.19. The van der Waals surface area contributed by atoms with E-state index in [9.17, 15) is 4.79 Å². The Balaban J connectivity index is 2.62. The second-order valence-corrected chi connectivity index (χ2v) is 4.19. The molecule has 0 aliphatic heterocycles. The Bertz CT molecular complexity index is 343. The molecule has 2 atom stereocenters. The zero-order valence-electron chi connectivity index (χ0n) is 10.2. The van der Waals surface area contributed by atoms with Gasteiger partial charge in [0.05, 0.1) is 5.92 Å². The maximum Gasteiger partial charge on any atom is 0.228 e. The lowest BCUT2D eigenvalue weighted by atomic mass is 10.0. The van der Waals surface area contributed by atoms with Gasteiger partial charge in [-0.2, -0.15) is 0 Å². The normalized spacial score (nSPS) is 14.2. The molecule has 0 fully saturated rings. The number of anilines is 1. The first-order chi connectivity index (χ1) is 7.54. The molecular weight excluding hydrogens is 200 g/mol. The Hall–Kier alpha value is -1.35. The van der Waals surface area contributed by atoms with Crippen molar-refractivity contribution in [2.24, 2.45) is 11.7 Å². The second kappa shape index (κ2) is 5.66. The van der Waals surface area contributed by atoms with Crippen LogP contribution in [0.2, 0.25) is 0 Å². The van der Waals surface area contributed by atoms with Gasteiger partial charge in [-0.1, -0.05) is 26.0 Å². The van der Waals surface area contributed by atoms with Crippen molar-refractivity contribution < 1.29 is 4.79 Å². The molecule has 0 radical (unpaired) electrons. The lowest BCUT2D eigenvalue weighted by Crippen LogP contribution is -2.34. The maximum absolute atomic E-state index is 11.7. The van der Waals surface area contributed by atoms with Gasteiger partial charge in [0.2, 0.25) is 5.91 Å². The van der Waals surface area contributed by atoms with Gasteiger partial charge in [-0.05, 0) is 31.0 Å². The van der Waals surface area contributed by atoms with E-state index >= 15 is 0 Å². The average Bonchev–Trinajstić information content (AvgIpc) is 2.28. The highest BCUT2D eigenvalue weighted by molar-refractivity contribution is 5.92. The van der Waals surface area contributed by atoms with Crippen LogP contribution in [0, 0.1) is 5.92 Å². The van der Waals surface area contributed by atoms with E-state index in [1.165, 1.54) is 5.56 Å². The molecule has 0 aliphatic rings. The van der Waals surface area contributed by atoms with Crippen molar-refractivity contribution in [2.75, 3.05) is 5.32 Å². The van der Waals surface area contributed by atoms with E-state index in [2.05, 4.69) is 12.2 Å². The fourth-order valence-corrected chi connectivity index (χ4v) is 1.32.